The molecule has 0 aromatic heterocycles. The molecule has 3 N–H and O–H groups in total. The number of nitrogens with one attached hydrogen (secondary N) is 1. The molecule has 26 heavy (non-hydrogen) atoms. The van der Waals surface area contributed by atoms with E-state index in [1.165, 1.54) is 7.11 Å². The molecule has 138 valence electrons. The van der Waals surface area contributed by atoms with Gasteiger partial charge in [0.15, 0.2) is 0 Å². The van der Waals surface area contributed by atoms with Gasteiger partial charge in [0, 0.05) is 17.7 Å². The van der Waals surface area contributed by atoms with Crippen LogP contribution in [0, 0.1) is 6.92 Å². The Balaban J connectivity index is 0.000000298. The van der Waals surface area contributed by atoms with Crippen LogP contribution < -0.4 is 11.1 Å². The summed E-state index contributed by atoms with van der Waals surface area (Å²) >= 11 is 0. The number of cyclic esters (lactones) is 1. The van der Waals surface area contributed by atoms with Crippen LogP contribution in [-0.4, -0.2) is 19.2 Å². The molecule has 1 aliphatic heterocycles. The highest BCUT2D eigenvalue weighted by Crippen LogP contribution is 2.34. The number of aryl methyl sites for hydroxylation is 1. The van der Waals surface area contributed by atoms with Gasteiger partial charge in [-0.15, -0.1) is 0 Å². The number of nitrogen functional groups attached to an aromatic ring is 1. The normalized spacial score (nSPS) is 12.0. The fourth-order valence-electron chi connectivity index (χ4n) is 2.55. The van der Waals surface area contributed by atoms with Crippen molar-refractivity contribution in [2.45, 2.75) is 33.3 Å². The summed E-state index contributed by atoms with van der Waals surface area (Å²) in [6.07, 6.45) is 0.979. The standard InChI is InChI=1S/C15H14N2O2.C5H10O2/c1-9-2-4-11(16)7-13(9)12-5-3-10-6-14(12)17-15(18)19-8-10;1-3-4-5(6)7-2/h2-7H,8,16H2,1H3,(H,17,18);3-4H2,1-2H3. The smallest absolute Gasteiger partial charge is 0.411 e. The van der Waals surface area contributed by atoms with Gasteiger partial charge in [0.1, 0.15) is 6.61 Å². The van der Waals surface area contributed by atoms with Crippen molar-refractivity contribution in [1.82, 2.24) is 0 Å². The average molecular weight is 356 g/mol. The van der Waals surface area contributed by atoms with Gasteiger partial charge in [0.25, 0.3) is 0 Å². The van der Waals surface area contributed by atoms with Gasteiger partial charge in [-0.1, -0.05) is 25.1 Å². The van der Waals surface area contributed by atoms with E-state index in [1.807, 2.05) is 50.2 Å². The Morgan fingerprint density at radius 1 is 1.23 bits per heavy atom. The van der Waals surface area contributed by atoms with Gasteiger partial charge in [0.2, 0.25) is 0 Å². The van der Waals surface area contributed by atoms with E-state index in [9.17, 15) is 9.59 Å². The van der Waals surface area contributed by atoms with Crippen molar-refractivity contribution in [3.05, 3.63) is 47.5 Å². The molecule has 0 radical (unpaired) electrons. The summed E-state index contributed by atoms with van der Waals surface area (Å²) in [7, 11) is 1.40. The molecular weight excluding hydrogens is 332 g/mol. The van der Waals surface area contributed by atoms with Crippen molar-refractivity contribution in [3.63, 3.8) is 0 Å². The van der Waals surface area contributed by atoms with Crippen LogP contribution in [0.25, 0.3) is 11.1 Å². The minimum atomic E-state index is -0.427. The number of rotatable bonds is 3. The number of fused-ring (bicyclic) bond motifs is 2. The topological polar surface area (TPSA) is 90.6 Å². The zero-order chi connectivity index (χ0) is 19.1. The molecule has 2 aromatic rings. The third kappa shape index (κ3) is 4.99. The number of ether oxygens (including phenoxy) is 2. The molecular formula is C20H24N2O4. The summed E-state index contributed by atoms with van der Waals surface area (Å²) in [5.41, 5.74) is 11.4. The van der Waals surface area contributed by atoms with Crippen LogP contribution in [0.1, 0.15) is 30.9 Å². The lowest BCUT2D eigenvalue weighted by molar-refractivity contribution is -0.140. The van der Waals surface area contributed by atoms with Crippen LogP contribution in [-0.2, 0) is 20.9 Å². The number of carbonyl (C=O) groups excluding carboxylic acids is 2. The van der Waals surface area contributed by atoms with E-state index in [0.29, 0.717) is 18.7 Å². The lowest BCUT2D eigenvalue weighted by Gasteiger charge is -2.12. The molecule has 1 amide bonds. The Labute approximate surface area is 153 Å². The largest absolute Gasteiger partial charge is 0.469 e. The van der Waals surface area contributed by atoms with Gasteiger partial charge >= 0.3 is 12.1 Å². The van der Waals surface area contributed by atoms with Crippen molar-refractivity contribution in [3.8, 4) is 11.1 Å². The molecule has 1 aliphatic rings. The van der Waals surface area contributed by atoms with Gasteiger partial charge in [-0.25, -0.2) is 4.79 Å². The first-order valence-corrected chi connectivity index (χ1v) is 8.44. The van der Waals surface area contributed by atoms with Crippen molar-refractivity contribution >= 4 is 23.4 Å². The summed E-state index contributed by atoms with van der Waals surface area (Å²) < 4.78 is 9.38. The molecule has 0 aliphatic carbocycles. The molecule has 1 heterocycles. The zero-order valence-electron chi connectivity index (χ0n) is 15.3. The predicted octanol–water partition coefficient (Wildman–Crippen LogP) is 4.27. The molecule has 2 aromatic carbocycles. The van der Waals surface area contributed by atoms with E-state index in [1.54, 1.807) is 0 Å². The molecule has 0 saturated heterocycles. The average Bonchev–Trinajstić information content (AvgIpc) is 2.77. The molecule has 6 nitrogen and oxygen atoms in total. The highest BCUT2D eigenvalue weighted by molar-refractivity contribution is 5.93. The third-order valence-electron chi connectivity index (χ3n) is 3.92. The van der Waals surface area contributed by atoms with Crippen molar-refractivity contribution in [1.29, 1.82) is 0 Å². The number of nitrogens with two attached hydrogens (primary N) is 1. The molecule has 0 unspecified atom stereocenters. The molecule has 2 bridgehead atoms. The number of methoxy groups -OCH3 is 1. The van der Waals surface area contributed by atoms with Gasteiger partial charge < -0.3 is 15.2 Å². The minimum absolute atomic E-state index is 0.123. The third-order valence-corrected chi connectivity index (χ3v) is 3.92. The predicted molar refractivity (Wildman–Crippen MR) is 102 cm³/mol. The Morgan fingerprint density at radius 3 is 2.65 bits per heavy atom. The second-order valence-electron chi connectivity index (χ2n) is 5.98. The maximum atomic E-state index is 11.5. The van der Waals surface area contributed by atoms with Crippen molar-refractivity contribution < 1.29 is 19.1 Å². The Bertz CT molecular complexity index is 802. The maximum Gasteiger partial charge on any atom is 0.411 e. The molecule has 6 heteroatoms. The highest BCUT2D eigenvalue weighted by Gasteiger charge is 2.16. The second kappa shape index (κ2) is 8.89. The highest BCUT2D eigenvalue weighted by atomic mass is 16.5. The van der Waals surface area contributed by atoms with Crippen LogP contribution >= 0.6 is 0 Å². The van der Waals surface area contributed by atoms with E-state index in [4.69, 9.17) is 10.5 Å². The quantitative estimate of drug-likeness (QED) is 0.633. The molecule has 3 rings (SSSR count). The van der Waals surface area contributed by atoms with E-state index >= 15 is 0 Å². The monoisotopic (exact) mass is 356 g/mol. The number of carbonyl (C=O) groups is 2. The maximum absolute atomic E-state index is 11.5. The van der Waals surface area contributed by atoms with Crippen LogP contribution in [0.15, 0.2) is 36.4 Å². The fraction of sp³-hybridized carbons (Fsp3) is 0.300. The second-order valence-corrected chi connectivity index (χ2v) is 5.98. The van der Waals surface area contributed by atoms with Crippen LogP contribution in [0.5, 0.6) is 0 Å². The van der Waals surface area contributed by atoms with Crippen LogP contribution in [0.2, 0.25) is 0 Å². The first-order valence-electron chi connectivity index (χ1n) is 8.44. The van der Waals surface area contributed by atoms with Gasteiger partial charge in [0.05, 0.1) is 12.8 Å². The zero-order valence-corrected chi connectivity index (χ0v) is 15.3. The summed E-state index contributed by atoms with van der Waals surface area (Å²) in [5, 5.41) is 2.76. The summed E-state index contributed by atoms with van der Waals surface area (Å²) in [5.74, 6) is -0.123. The number of benzene rings is 2. The van der Waals surface area contributed by atoms with E-state index in [0.717, 1.165) is 34.4 Å². The number of hydrogen-bond donors (Lipinski definition) is 2. The first kappa shape index (κ1) is 19.3. The minimum Gasteiger partial charge on any atom is -0.469 e. The summed E-state index contributed by atoms with van der Waals surface area (Å²) in [4.78, 5) is 21.7. The van der Waals surface area contributed by atoms with Crippen LogP contribution in [0.4, 0.5) is 16.2 Å². The van der Waals surface area contributed by atoms with E-state index in [-0.39, 0.29) is 5.97 Å². The summed E-state index contributed by atoms with van der Waals surface area (Å²) in [6, 6.07) is 11.6. The number of esters is 1. The Morgan fingerprint density at radius 2 is 2.00 bits per heavy atom. The Kier molecular flexibility index (Phi) is 6.60. The number of amides is 1. The first-order chi connectivity index (χ1) is 12.4. The van der Waals surface area contributed by atoms with Crippen molar-refractivity contribution in [2.75, 3.05) is 18.2 Å². The number of hydrogen-bond acceptors (Lipinski definition) is 5. The van der Waals surface area contributed by atoms with Gasteiger partial charge in [-0.05, 0) is 48.2 Å². The van der Waals surface area contributed by atoms with Gasteiger partial charge in [-0.2, -0.15) is 0 Å². The SMILES string of the molecule is CCCC(=O)OC.Cc1ccc(N)cc1-c1ccc2cc1NC(=O)OC2. The van der Waals surface area contributed by atoms with Gasteiger partial charge in [-0.3, -0.25) is 10.1 Å². The number of anilines is 2. The van der Waals surface area contributed by atoms with E-state index in [2.05, 4.69) is 10.1 Å². The lowest BCUT2D eigenvalue weighted by atomic mass is 9.97. The van der Waals surface area contributed by atoms with Crippen molar-refractivity contribution in [2.24, 2.45) is 0 Å². The molecule has 0 atom stereocenters. The molecule has 0 saturated carbocycles. The fourth-order valence-corrected chi connectivity index (χ4v) is 2.55. The molecule has 0 spiro atoms. The Hall–Kier alpha value is -3.02. The van der Waals surface area contributed by atoms with E-state index < -0.39 is 6.09 Å². The summed E-state index contributed by atoms with van der Waals surface area (Å²) in [6.45, 7) is 4.26. The molecule has 0 fully saturated rings. The lowest BCUT2D eigenvalue weighted by Crippen LogP contribution is -2.10. The van der Waals surface area contributed by atoms with Crippen LogP contribution in [0.3, 0.4) is 0 Å².